The Bertz CT molecular complexity index is 446. The molecule has 3 unspecified atom stereocenters. The van der Waals surface area contributed by atoms with Gasteiger partial charge in [-0.2, -0.15) is 0 Å². The van der Waals surface area contributed by atoms with Gasteiger partial charge in [-0.1, -0.05) is 12.1 Å². The van der Waals surface area contributed by atoms with E-state index in [0.29, 0.717) is 18.1 Å². The van der Waals surface area contributed by atoms with Crippen molar-refractivity contribution in [1.29, 1.82) is 0 Å². The van der Waals surface area contributed by atoms with E-state index in [1.54, 1.807) is 0 Å². The van der Waals surface area contributed by atoms with Crippen LogP contribution in [0.5, 0.6) is 5.75 Å². The molecule has 2 heterocycles. The van der Waals surface area contributed by atoms with E-state index in [4.69, 9.17) is 10.5 Å². The lowest BCUT2D eigenvalue weighted by molar-refractivity contribution is 0.254. The molecule has 1 aromatic carbocycles. The number of ether oxygens (including phenoxy) is 1. The Balaban J connectivity index is 1.92. The Morgan fingerprint density at radius 3 is 3.00 bits per heavy atom. The molecule has 0 bridgehead atoms. The van der Waals surface area contributed by atoms with Crippen molar-refractivity contribution in [2.24, 2.45) is 11.7 Å². The van der Waals surface area contributed by atoms with Gasteiger partial charge in [-0.05, 0) is 44.5 Å². The number of hydrogen-bond donors (Lipinski definition) is 1. The summed E-state index contributed by atoms with van der Waals surface area (Å²) >= 11 is 0. The zero-order chi connectivity index (χ0) is 12.7. The molecule has 3 rings (SSSR count). The van der Waals surface area contributed by atoms with Crippen molar-refractivity contribution in [3.8, 4) is 5.75 Å². The van der Waals surface area contributed by atoms with Crippen LogP contribution in [0.1, 0.15) is 30.5 Å². The third kappa shape index (κ3) is 1.91. The molecule has 0 spiro atoms. The van der Waals surface area contributed by atoms with Crippen LogP contribution >= 0.6 is 0 Å². The van der Waals surface area contributed by atoms with Crippen LogP contribution in [-0.2, 0) is 6.42 Å². The molecular formula is C15H22N2O. The number of benzene rings is 1. The SMILES string of the molecule is CC1Cc2c(cccc2C2CC(CN)CN2C)O1. The molecule has 0 aliphatic carbocycles. The van der Waals surface area contributed by atoms with E-state index in [1.807, 2.05) is 0 Å². The van der Waals surface area contributed by atoms with Gasteiger partial charge in [0, 0.05) is 24.6 Å². The van der Waals surface area contributed by atoms with Crippen LogP contribution in [0.4, 0.5) is 0 Å². The van der Waals surface area contributed by atoms with E-state index >= 15 is 0 Å². The zero-order valence-corrected chi connectivity index (χ0v) is 11.2. The predicted molar refractivity (Wildman–Crippen MR) is 72.8 cm³/mol. The second-order valence-electron chi connectivity index (χ2n) is 5.75. The Labute approximate surface area is 109 Å². The summed E-state index contributed by atoms with van der Waals surface area (Å²) in [6.45, 7) is 4.05. The van der Waals surface area contributed by atoms with Crippen molar-refractivity contribution < 1.29 is 4.74 Å². The Morgan fingerprint density at radius 2 is 2.28 bits per heavy atom. The summed E-state index contributed by atoms with van der Waals surface area (Å²) in [5.41, 5.74) is 8.69. The fraction of sp³-hybridized carbons (Fsp3) is 0.600. The quantitative estimate of drug-likeness (QED) is 0.867. The van der Waals surface area contributed by atoms with Gasteiger partial charge in [0.25, 0.3) is 0 Å². The number of likely N-dealkylation sites (tertiary alicyclic amines) is 1. The first-order valence-electron chi connectivity index (χ1n) is 6.87. The summed E-state index contributed by atoms with van der Waals surface area (Å²) in [6.07, 6.45) is 2.54. The number of nitrogens with two attached hydrogens (primary N) is 1. The lowest BCUT2D eigenvalue weighted by Gasteiger charge is -2.21. The van der Waals surface area contributed by atoms with E-state index in [2.05, 4.69) is 37.1 Å². The highest BCUT2D eigenvalue weighted by Gasteiger charge is 2.33. The first kappa shape index (κ1) is 12.0. The fourth-order valence-corrected chi connectivity index (χ4v) is 3.41. The van der Waals surface area contributed by atoms with Crippen LogP contribution in [-0.4, -0.2) is 31.1 Å². The van der Waals surface area contributed by atoms with E-state index in [-0.39, 0.29) is 0 Å². The molecule has 2 N–H and O–H groups in total. The van der Waals surface area contributed by atoms with Gasteiger partial charge in [0.05, 0.1) is 0 Å². The molecule has 98 valence electrons. The van der Waals surface area contributed by atoms with Crippen molar-refractivity contribution in [3.63, 3.8) is 0 Å². The molecule has 2 aliphatic heterocycles. The number of hydrogen-bond acceptors (Lipinski definition) is 3. The van der Waals surface area contributed by atoms with Crippen LogP contribution in [0.3, 0.4) is 0 Å². The van der Waals surface area contributed by atoms with E-state index < -0.39 is 0 Å². The monoisotopic (exact) mass is 246 g/mol. The molecule has 18 heavy (non-hydrogen) atoms. The minimum Gasteiger partial charge on any atom is -0.490 e. The lowest BCUT2D eigenvalue weighted by atomic mass is 9.94. The van der Waals surface area contributed by atoms with Crippen LogP contribution < -0.4 is 10.5 Å². The molecule has 0 amide bonds. The van der Waals surface area contributed by atoms with Crippen molar-refractivity contribution in [1.82, 2.24) is 4.90 Å². The smallest absolute Gasteiger partial charge is 0.123 e. The summed E-state index contributed by atoms with van der Waals surface area (Å²) < 4.78 is 5.85. The van der Waals surface area contributed by atoms with Crippen LogP contribution in [0, 0.1) is 5.92 Å². The summed E-state index contributed by atoms with van der Waals surface area (Å²) in [7, 11) is 2.21. The zero-order valence-electron chi connectivity index (χ0n) is 11.2. The van der Waals surface area contributed by atoms with Crippen molar-refractivity contribution in [3.05, 3.63) is 29.3 Å². The van der Waals surface area contributed by atoms with Gasteiger partial charge >= 0.3 is 0 Å². The van der Waals surface area contributed by atoms with Gasteiger partial charge in [0.15, 0.2) is 0 Å². The summed E-state index contributed by atoms with van der Waals surface area (Å²) in [4.78, 5) is 2.44. The molecular weight excluding hydrogens is 224 g/mol. The van der Waals surface area contributed by atoms with Crippen LogP contribution in [0.15, 0.2) is 18.2 Å². The first-order chi connectivity index (χ1) is 8.69. The summed E-state index contributed by atoms with van der Waals surface area (Å²) in [5, 5.41) is 0. The number of nitrogens with zero attached hydrogens (tertiary/aromatic N) is 1. The average Bonchev–Trinajstić information content (AvgIpc) is 2.90. The lowest BCUT2D eigenvalue weighted by Crippen LogP contribution is -2.21. The van der Waals surface area contributed by atoms with Gasteiger partial charge in [-0.15, -0.1) is 0 Å². The largest absolute Gasteiger partial charge is 0.490 e. The van der Waals surface area contributed by atoms with Gasteiger partial charge in [0.1, 0.15) is 11.9 Å². The second kappa shape index (κ2) is 4.56. The molecule has 1 fully saturated rings. The molecule has 0 aromatic heterocycles. The maximum atomic E-state index is 5.85. The molecule has 2 aliphatic rings. The Morgan fingerprint density at radius 1 is 1.44 bits per heavy atom. The molecule has 0 radical (unpaired) electrons. The normalized spacial score (nSPS) is 31.4. The minimum atomic E-state index is 0.318. The summed E-state index contributed by atoms with van der Waals surface area (Å²) in [5.74, 6) is 1.72. The molecule has 3 atom stereocenters. The highest BCUT2D eigenvalue weighted by molar-refractivity contribution is 5.45. The van der Waals surface area contributed by atoms with Crippen molar-refractivity contribution in [2.75, 3.05) is 20.1 Å². The van der Waals surface area contributed by atoms with E-state index in [1.165, 1.54) is 17.5 Å². The predicted octanol–water partition coefficient (Wildman–Crippen LogP) is 1.96. The van der Waals surface area contributed by atoms with Crippen LogP contribution in [0.2, 0.25) is 0 Å². The third-order valence-corrected chi connectivity index (χ3v) is 4.32. The maximum Gasteiger partial charge on any atom is 0.123 e. The van der Waals surface area contributed by atoms with Crippen LogP contribution in [0.25, 0.3) is 0 Å². The van der Waals surface area contributed by atoms with Gasteiger partial charge < -0.3 is 10.5 Å². The van der Waals surface area contributed by atoms with Crippen molar-refractivity contribution in [2.45, 2.75) is 31.9 Å². The first-order valence-corrected chi connectivity index (χ1v) is 6.87. The number of rotatable bonds is 2. The van der Waals surface area contributed by atoms with E-state index in [0.717, 1.165) is 25.3 Å². The fourth-order valence-electron chi connectivity index (χ4n) is 3.41. The van der Waals surface area contributed by atoms with E-state index in [9.17, 15) is 0 Å². The maximum absolute atomic E-state index is 5.85. The summed E-state index contributed by atoms with van der Waals surface area (Å²) in [6, 6.07) is 7.00. The standard InChI is InChI=1S/C15H22N2O/c1-10-6-13-12(4-3-5-15(13)18-10)14-7-11(8-16)9-17(14)2/h3-5,10-11,14H,6-9,16H2,1-2H3. The average molecular weight is 246 g/mol. The Kier molecular flexibility index (Phi) is 3.04. The highest BCUT2D eigenvalue weighted by Crippen LogP contribution is 2.40. The molecule has 0 saturated carbocycles. The third-order valence-electron chi connectivity index (χ3n) is 4.32. The van der Waals surface area contributed by atoms with Crippen molar-refractivity contribution >= 4 is 0 Å². The minimum absolute atomic E-state index is 0.318. The number of fused-ring (bicyclic) bond motifs is 1. The van der Waals surface area contributed by atoms with Gasteiger partial charge in [-0.25, -0.2) is 0 Å². The second-order valence-corrected chi connectivity index (χ2v) is 5.75. The Hall–Kier alpha value is -1.06. The molecule has 1 saturated heterocycles. The van der Waals surface area contributed by atoms with Gasteiger partial charge in [0.2, 0.25) is 0 Å². The molecule has 3 heteroatoms. The molecule has 1 aromatic rings. The highest BCUT2D eigenvalue weighted by atomic mass is 16.5. The van der Waals surface area contributed by atoms with Gasteiger partial charge in [-0.3, -0.25) is 4.90 Å². The topological polar surface area (TPSA) is 38.5 Å². The molecule has 3 nitrogen and oxygen atoms in total.